The molecule has 0 aliphatic heterocycles. The van der Waals surface area contributed by atoms with E-state index in [4.69, 9.17) is 0 Å². The van der Waals surface area contributed by atoms with Crippen LogP contribution in [-0.2, 0) is 6.54 Å². The number of hydrogen-bond donors (Lipinski definition) is 0. The molecule has 1 rings (SSSR count). The van der Waals surface area contributed by atoms with Gasteiger partial charge in [0.05, 0.1) is 12.7 Å². The van der Waals surface area contributed by atoms with Crippen molar-refractivity contribution in [3.8, 4) is 0 Å². The van der Waals surface area contributed by atoms with E-state index in [1.54, 1.807) is 0 Å². The Morgan fingerprint density at radius 3 is 2.93 bits per heavy atom. The summed E-state index contributed by atoms with van der Waals surface area (Å²) in [6.07, 6.45) is 11.8. The zero-order valence-corrected chi connectivity index (χ0v) is 8.77. The number of allylic oxidation sites excluding steroid dienone is 5. The highest BCUT2D eigenvalue weighted by molar-refractivity contribution is 5.19. The molecule has 2 nitrogen and oxygen atoms in total. The van der Waals surface area contributed by atoms with Crippen molar-refractivity contribution in [1.82, 2.24) is 9.78 Å². The van der Waals surface area contributed by atoms with Gasteiger partial charge in [-0.3, -0.25) is 4.68 Å². The molecule has 0 amide bonds. The van der Waals surface area contributed by atoms with Gasteiger partial charge in [0.2, 0.25) is 0 Å². The fourth-order valence-electron chi connectivity index (χ4n) is 1.12. The summed E-state index contributed by atoms with van der Waals surface area (Å²) in [7, 11) is 0. The molecule has 0 radical (unpaired) electrons. The minimum atomic E-state index is 0.752. The van der Waals surface area contributed by atoms with Gasteiger partial charge < -0.3 is 0 Å². The quantitative estimate of drug-likeness (QED) is 0.664. The van der Waals surface area contributed by atoms with E-state index in [1.165, 1.54) is 5.56 Å². The van der Waals surface area contributed by atoms with Crippen LogP contribution in [0.1, 0.15) is 12.5 Å². The van der Waals surface area contributed by atoms with E-state index in [-0.39, 0.29) is 0 Å². The van der Waals surface area contributed by atoms with E-state index >= 15 is 0 Å². The highest BCUT2D eigenvalue weighted by Crippen LogP contribution is 2.00. The minimum absolute atomic E-state index is 0.752. The Morgan fingerprint density at radius 2 is 2.36 bits per heavy atom. The average Bonchev–Trinajstić information content (AvgIpc) is 2.52. The standard InChI is InChI=1S/C12H16N2/c1-4-5-6-7-11(2)9-14-10-12(3)8-13-14/h4-8,10H,2,9H2,1,3H3/b5-4-,7-6-. The van der Waals surface area contributed by atoms with E-state index < -0.39 is 0 Å². The molecule has 14 heavy (non-hydrogen) atoms. The van der Waals surface area contributed by atoms with Crippen molar-refractivity contribution in [2.24, 2.45) is 0 Å². The topological polar surface area (TPSA) is 17.8 Å². The first-order valence-corrected chi connectivity index (χ1v) is 4.68. The zero-order valence-electron chi connectivity index (χ0n) is 8.77. The summed E-state index contributed by atoms with van der Waals surface area (Å²) in [4.78, 5) is 0. The normalized spacial score (nSPS) is 11.6. The third kappa shape index (κ3) is 3.44. The van der Waals surface area contributed by atoms with Crippen LogP contribution in [0.25, 0.3) is 0 Å². The molecule has 0 aliphatic carbocycles. The first kappa shape index (κ1) is 10.5. The lowest BCUT2D eigenvalue weighted by atomic mass is 10.2. The van der Waals surface area contributed by atoms with Crippen molar-refractivity contribution in [2.45, 2.75) is 20.4 Å². The highest BCUT2D eigenvalue weighted by atomic mass is 15.3. The van der Waals surface area contributed by atoms with Crippen LogP contribution in [0.2, 0.25) is 0 Å². The van der Waals surface area contributed by atoms with Crippen molar-refractivity contribution in [2.75, 3.05) is 0 Å². The second-order valence-electron chi connectivity index (χ2n) is 3.26. The number of rotatable bonds is 4. The monoisotopic (exact) mass is 188 g/mol. The van der Waals surface area contributed by atoms with Gasteiger partial charge in [0.15, 0.2) is 0 Å². The third-order valence-corrected chi connectivity index (χ3v) is 1.76. The van der Waals surface area contributed by atoms with Crippen molar-refractivity contribution in [3.05, 3.63) is 54.4 Å². The Balaban J connectivity index is 2.49. The van der Waals surface area contributed by atoms with Gasteiger partial charge in [0.25, 0.3) is 0 Å². The Hall–Kier alpha value is -1.57. The molecule has 0 aliphatic rings. The molecule has 74 valence electrons. The molecule has 0 saturated heterocycles. The molecule has 0 spiro atoms. The average molecular weight is 188 g/mol. The van der Waals surface area contributed by atoms with Crippen LogP contribution >= 0.6 is 0 Å². The van der Waals surface area contributed by atoms with Crippen molar-refractivity contribution < 1.29 is 0 Å². The van der Waals surface area contributed by atoms with Gasteiger partial charge >= 0.3 is 0 Å². The molecule has 0 saturated carbocycles. The minimum Gasteiger partial charge on any atom is -0.268 e. The molecule has 1 aromatic rings. The predicted octanol–water partition coefficient (Wildman–Crippen LogP) is 2.88. The van der Waals surface area contributed by atoms with E-state index in [0.717, 1.165) is 12.1 Å². The largest absolute Gasteiger partial charge is 0.268 e. The molecular weight excluding hydrogens is 172 g/mol. The van der Waals surface area contributed by atoms with Gasteiger partial charge in [-0.25, -0.2) is 0 Å². The van der Waals surface area contributed by atoms with Crippen LogP contribution in [0.4, 0.5) is 0 Å². The van der Waals surface area contributed by atoms with E-state index in [2.05, 4.69) is 11.7 Å². The van der Waals surface area contributed by atoms with Crippen LogP contribution in [0.3, 0.4) is 0 Å². The first-order valence-electron chi connectivity index (χ1n) is 4.68. The lowest BCUT2D eigenvalue weighted by molar-refractivity contribution is 0.687. The fraction of sp³-hybridized carbons (Fsp3) is 0.250. The molecule has 2 heteroatoms. The van der Waals surface area contributed by atoms with Crippen LogP contribution < -0.4 is 0 Å². The molecule has 0 N–H and O–H groups in total. The fourth-order valence-corrected chi connectivity index (χ4v) is 1.12. The highest BCUT2D eigenvalue weighted by Gasteiger charge is 1.93. The molecule has 0 unspecified atom stereocenters. The van der Waals surface area contributed by atoms with Crippen LogP contribution in [0.5, 0.6) is 0 Å². The third-order valence-electron chi connectivity index (χ3n) is 1.76. The lowest BCUT2D eigenvalue weighted by Gasteiger charge is -1.99. The summed E-state index contributed by atoms with van der Waals surface area (Å²) in [6.45, 7) is 8.72. The smallest absolute Gasteiger partial charge is 0.0653 e. The number of hydrogen-bond acceptors (Lipinski definition) is 1. The molecule has 1 aromatic heterocycles. The van der Waals surface area contributed by atoms with Gasteiger partial charge in [0, 0.05) is 6.20 Å². The van der Waals surface area contributed by atoms with Crippen LogP contribution in [-0.4, -0.2) is 9.78 Å². The van der Waals surface area contributed by atoms with Crippen molar-refractivity contribution >= 4 is 0 Å². The van der Waals surface area contributed by atoms with E-state index in [9.17, 15) is 0 Å². The van der Waals surface area contributed by atoms with Gasteiger partial charge in [-0.05, 0) is 25.0 Å². The Bertz CT molecular complexity index is 356. The predicted molar refractivity (Wildman–Crippen MR) is 60.1 cm³/mol. The van der Waals surface area contributed by atoms with Crippen LogP contribution in [0.15, 0.2) is 48.8 Å². The van der Waals surface area contributed by atoms with E-state index in [0.29, 0.717) is 0 Å². The van der Waals surface area contributed by atoms with Crippen molar-refractivity contribution in [1.29, 1.82) is 0 Å². The molecular formula is C12H16N2. The van der Waals surface area contributed by atoms with Crippen molar-refractivity contribution in [3.63, 3.8) is 0 Å². The number of aryl methyl sites for hydroxylation is 1. The zero-order chi connectivity index (χ0) is 10.4. The maximum Gasteiger partial charge on any atom is 0.0653 e. The van der Waals surface area contributed by atoms with Gasteiger partial charge in [-0.2, -0.15) is 5.10 Å². The number of aromatic nitrogens is 2. The summed E-state index contributed by atoms with van der Waals surface area (Å²) in [6, 6.07) is 0. The summed E-state index contributed by atoms with van der Waals surface area (Å²) >= 11 is 0. The summed E-state index contributed by atoms with van der Waals surface area (Å²) in [5, 5.41) is 4.19. The van der Waals surface area contributed by atoms with Gasteiger partial charge in [0.1, 0.15) is 0 Å². The SMILES string of the molecule is C=C(/C=C\C=C/C)Cn1cc(C)cn1. The molecule has 0 bridgehead atoms. The number of nitrogens with zero attached hydrogens (tertiary/aromatic N) is 2. The summed E-state index contributed by atoms with van der Waals surface area (Å²) < 4.78 is 1.89. The molecule has 0 atom stereocenters. The van der Waals surface area contributed by atoms with Gasteiger partial charge in [-0.15, -0.1) is 0 Å². The lowest BCUT2D eigenvalue weighted by Crippen LogP contribution is -1.98. The first-order chi connectivity index (χ1) is 6.72. The van der Waals surface area contributed by atoms with Crippen LogP contribution in [0, 0.1) is 6.92 Å². The molecule has 0 fully saturated rings. The summed E-state index contributed by atoms with van der Waals surface area (Å²) in [5.41, 5.74) is 2.22. The maximum absolute atomic E-state index is 4.19. The van der Waals surface area contributed by atoms with E-state index in [1.807, 2.05) is 55.2 Å². The molecule has 0 aromatic carbocycles. The Morgan fingerprint density at radius 1 is 1.57 bits per heavy atom. The maximum atomic E-state index is 4.19. The summed E-state index contributed by atoms with van der Waals surface area (Å²) in [5.74, 6) is 0. The second-order valence-corrected chi connectivity index (χ2v) is 3.26. The second kappa shape index (κ2) is 5.22. The van der Waals surface area contributed by atoms with Gasteiger partial charge in [-0.1, -0.05) is 30.9 Å². The Kier molecular flexibility index (Phi) is 3.92. The Labute approximate surface area is 85.3 Å². The molecule has 1 heterocycles.